The SMILES string of the molecule is CC(C)(c1cccc(-n2ccc([Si](C)(C)C)c2)n1)c1cccc(-n2ccc([Si](C)(C)C)c2)n1. The Hall–Kier alpha value is -2.71. The lowest BCUT2D eigenvalue weighted by Gasteiger charge is -2.25. The molecule has 4 heterocycles. The average molecular weight is 473 g/mol. The predicted octanol–water partition coefficient (Wildman–Crippen LogP) is 5.47. The summed E-state index contributed by atoms with van der Waals surface area (Å²) in [6, 6.07) is 17.1. The van der Waals surface area contributed by atoms with Gasteiger partial charge in [0.25, 0.3) is 0 Å². The largest absolute Gasteiger partial charge is 0.309 e. The number of rotatable bonds is 6. The van der Waals surface area contributed by atoms with Gasteiger partial charge in [0.1, 0.15) is 11.6 Å². The summed E-state index contributed by atoms with van der Waals surface area (Å²) >= 11 is 0. The minimum atomic E-state index is -1.36. The van der Waals surface area contributed by atoms with Crippen molar-refractivity contribution in [3.8, 4) is 11.6 Å². The van der Waals surface area contributed by atoms with Gasteiger partial charge in [0, 0.05) is 30.2 Å². The van der Waals surface area contributed by atoms with E-state index in [2.05, 4.69) is 136 Å². The molecule has 0 aliphatic rings. The molecular formula is C27H36N4Si2. The van der Waals surface area contributed by atoms with Crippen molar-refractivity contribution in [1.82, 2.24) is 19.1 Å². The van der Waals surface area contributed by atoms with Gasteiger partial charge in [-0.25, -0.2) is 9.97 Å². The van der Waals surface area contributed by atoms with Crippen LogP contribution in [0.4, 0.5) is 0 Å². The lowest BCUT2D eigenvalue weighted by molar-refractivity contribution is 0.591. The van der Waals surface area contributed by atoms with Gasteiger partial charge < -0.3 is 9.13 Å². The van der Waals surface area contributed by atoms with Crippen molar-refractivity contribution in [2.24, 2.45) is 0 Å². The van der Waals surface area contributed by atoms with E-state index in [0.717, 1.165) is 23.0 Å². The summed E-state index contributed by atoms with van der Waals surface area (Å²) in [7, 11) is -2.71. The average Bonchev–Trinajstić information content (AvgIpc) is 3.44. The Balaban J connectivity index is 1.68. The second-order valence-electron chi connectivity index (χ2n) is 11.5. The first-order valence-electron chi connectivity index (χ1n) is 11.7. The van der Waals surface area contributed by atoms with E-state index in [4.69, 9.17) is 9.97 Å². The fourth-order valence-corrected chi connectivity index (χ4v) is 6.13. The molecule has 4 rings (SSSR count). The van der Waals surface area contributed by atoms with Crippen LogP contribution in [0.2, 0.25) is 39.3 Å². The molecule has 4 aromatic rings. The quantitative estimate of drug-likeness (QED) is 0.349. The smallest absolute Gasteiger partial charge is 0.136 e. The normalized spacial score (nSPS) is 12.8. The first-order chi connectivity index (χ1) is 15.4. The van der Waals surface area contributed by atoms with Crippen LogP contribution in [0.3, 0.4) is 0 Å². The van der Waals surface area contributed by atoms with E-state index < -0.39 is 16.1 Å². The molecule has 0 bridgehead atoms. The molecule has 33 heavy (non-hydrogen) atoms. The van der Waals surface area contributed by atoms with Gasteiger partial charge in [-0.3, -0.25) is 0 Å². The maximum Gasteiger partial charge on any atom is 0.136 e. The molecule has 4 aromatic heterocycles. The highest BCUT2D eigenvalue weighted by atomic mass is 28.3. The maximum atomic E-state index is 5.06. The molecule has 0 spiro atoms. The summed E-state index contributed by atoms with van der Waals surface area (Å²) in [5, 5.41) is 2.88. The van der Waals surface area contributed by atoms with E-state index in [-0.39, 0.29) is 5.41 Å². The first kappa shape index (κ1) is 23.5. The molecule has 172 valence electrons. The van der Waals surface area contributed by atoms with Gasteiger partial charge in [-0.2, -0.15) is 0 Å². The van der Waals surface area contributed by atoms with Crippen molar-refractivity contribution in [3.05, 3.63) is 84.7 Å². The summed E-state index contributed by atoms with van der Waals surface area (Å²) in [6.45, 7) is 18.6. The predicted molar refractivity (Wildman–Crippen MR) is 145 cm³/mol. The van der Waals surface area contributed by atoms with Crippen LogP contribution in [0.1, 0.15) is 25.2 Å². The summed E-state index contributed by atoms with van der Waals surface area (Å²) < 4.78 is 4.30. The molecule has 6 heteroatoms. The van der Waals surface area contributed by atoms with Gasteiger partial charge in [-0.05, 0) is 60.6 Å². The van der Waals surface area contributed by atoms with Crippen molar-refractivity contribution >= 4 is 26.5 Å². The van der Waals surface area contributed by atoms with E-state index >= 15 is 0 Å². The lowest BCUT2D eigenvalue weighted by atomic mass is 9.84. The Bertz CT molecular complexity index is 1170. The number of hydrogen-bond donors (Lipinski definition) is 0. The Morgan fingerprint density at radius 1 is 0.606 bits per heavy atom. The van der Waals surface area contributed by atoms with Crippen LogP contribution < -0.4 is 10.4 Å². The molecule has 0 saturated carbocycles. The van der Waals surface area contributed by atoms with Crippen LogP contribution in [0.25, 0.3) is 11.6 Å². The maximum absolute atomic E-state index is 5.06. The number of nitrogens with zero attached hydrogens (tertiary/aromatic N) is 4. The number of hydrogen-bond acceptors (Lipinski definition) is 2. The van der Waals surface area contributed by atoms with Crippen LogP contribution in [-0.2, 0) is 5.41 Å². The van der Waals surface area contributed by atoms with E-state index in [0.29, 0.717) is 0 Å². The molecule has 0 amide bonds. The second-order valence-corrected chi connectivity index (χ2v) is 21.7. The van der Waals surface area contributed by atoms with E-state index in [1.54, 1.807) is 0 Å². The number of aromatic nitrogens is 4. The molecule has 0 aliphatic heterocycles. The molecule has 4 nitrogen and oxygen atoms in total. The van der Waals surface area contributed by atoms with Crippen molar-refractivity contribution < 1.29 is 0 Å². The molecule has 0 radical (unpaired) electrons. The Labute approximate surface area is 200 Å². The monoisotopic (exact) mass is 472 g/mol. The van der Waals surface area contributed by atoms with Gasteiger partial charge >= 0.3 is 0 Å². The van der Waals surface area contributed by atoms with E-state index in [1.807, 2.05) is 0 Å². The fraction of sp³-hybridized carbons (Fsp3) is 0.333. The van der Waals surface area contributed by atoms with Crippen LogP contribution in [0.5, 0.6) is 0 Å². The zero-order valence-corrected chi connectivity index (χ0v) is 23.2. The van der Waals surface area contributed by atoms with Gasteiger partial charge in [-0.15, -0.1) is 0 Å². The second kappa shape index (κ2) is 8.26. The summed E-state index contributed by atoms with van der Waals surface area (Å²) in [6.07, 6.45) is 8.75. The minimum absolute atomic E-state index is 0.324. The molecule has 0 aromatic carbocycles. The van der Waals surface area contributed by atoms with Gasteiger partial charge in [0.15, 0.2) is 0 Å². The highest BCUT2D eigenvalue weighted by molar-refractivity contribution is 6.89. The molecule has 0 fully saturated rings. The van der Waals surface area contributed by atoms with Crippen molar-refractivity contribution in [3.63, 3.8) is 0 Å². The molecule has 0 saturated heterocycles. The van der Waals surface area contributed by atoms with Crippen LogP contribution >= 0.6 is 0 Å². The van der Waals surface area contributed by atoms with Crippen LogP contribution in [0, 0.1) is 0 Å². The topological polar surface area (TPSA) is 35.6 Å². The third-order valence-corrected chi connectivity index (χ3v) is 10.5. The zero-order chi connectivity index (χ0) is 24.0. The van der Waals surface area contributed by atoms with E-state index in [9.17, 15) is 0 Å². The summed E-state index contributed by atoms with van der Waals surface area (Å²) in [5.74, 6) is 1.90. The third-order valence-electron chi connectivity index (χ3n) is 6.40. The molecular weight excluding hydrogens is 436 g/mol. The Kier molecular flexibility index (Phi) is 5.87. The highest BCUT2D eigenvalue weighted by Crippen LogP contribution is 2.30. The molecule has 0 aliphatic carbocycles. The number of pyridine rings is 2. The van der Waals surface area contributed by atoms with Crippen LogP contribution in [0.15, 0.2) is 73.3 Å². The molecule has 0 N–H and O–H groups in total. The fourth-order valence-electron chi connectivity index (χ4n) is 3.93. The Morgan fingerprint density at radius 2 is 1.00 bits per heavy atom. The minimum Gasteiger partial charge on any atom is -0.309 e. The van der Waals surface area contributed by atoms with Crippen molar-refractivity contribution in [2.45, 2.75) is 58.5 Å². The molecule has 0 atom stereocenters. The van der Waals surface area contributed by atoms with Crippen LogP contribution in [-0.4, -0.2) is 35.2 Å². The lowest BCUT2D eigenvalue weighted by Crippen LogP contribution is -2.36. The third kappa shape index (κ3) is 4.82. The van der Waals surface area contributed by atoms with E-state index in [1.165, 1.54) is 10.4 Å². The molecule has 0 unspecified atom stereocenters. The first-order valence-corrected chi connectivity index (χ1v) is 18.7. The van der Waals surface area contributed by atoms with Gasteiger partial charge in [0.2, 0.25) is 0 Å². The van der Waals surface area contributed by atoms with Gasteiger partial charge in [0.05, 0.1) is 27.5 Å². The summed E-state index contributed by atoms with van der Waals surface area (Å²) in [4.78, 5) is 10.1. The van der Waals surface area contributed by atoms with Crippen molar-refractivity contribution in [1.29, 1.82) is 0 Å². The summed E-state index contributed by atoms with van der Waals surface area (Å²) in [5.41, 5.74) is 1.71. The zero-order valence-electron chi connectivity index (χ0n) is 21.2. The van der Waals surface area contributed by atoms with Crippen molar-refractivity contribution in [2.75, 3.05) is 0 Å². The van der Waals surface area contributed by atoms with Gasteiger partial charge in [-0.1, -0.05) is 51.4 Å². The highest BCUT2D eigenvalue weighted by Gasteiger charge is 2.27. The Morgan fingerprint density at radius 3 is 1.33 bits per heavy atom. The standard InChI is InChI=1S/C27H36N4Si2/c1-27(2,23-11-9-13-25(28-23)30-17-15-21(19-30)32(3,4)5)24-12-10-14-26(29-24)31-18-16-22(20-31)33(6,7)8/h9-20H,1-8H3.